The van der Waals surface area contributed by atoms with Crippen LogP contribution in [0.2, 0.25) is 0 Å². The Bertz CT molecular complexity index is 3250. The van der Waals surface area contributed by atoms with Crippen molar-refractivity contribution in [3.63, 3.8) is 0 Å². The van der Waals surface area contributed by atoms with Gasteiger partial charge in [-0.05, 0) is 80.4 Å². The Morgan fingerprint density at radius 2 is 0.897 bits per heavy atom. The molecule has 2 nitrogen and oxygen atoms in total. The lowest BCUT2D eigenvalue weighted by Crippen LogP contribution is -2.74. The summed E-state index contributed by atoms with van der Waals surface area (Å²) >= 11 is 1.87. The summed E-state index contributed by atoms with van der Waals surface area (Å²) in [6.45, 7) is 0. The van der Waals surface area contributed by atoms with E-state index in [0.717, 1.165) is 5.69 Å². The molecule has 0 spiro atoms. The van der Waals surface area contributed by atoms with Gasteiger partial charge < -0.3 is 9.13 Å². The lowest BCUT2D eigenvalue weighted by Gasteiger charge is -2.34. The van der Waals surface area contributed by atoms with E-state index < -0.39 is 8.07 Å². The Balaban J connectivity index is 1.01. The van der Waals surface area contributed by atoms with Crippen LogP contribution in [0, 0.1) is 0 Å². The van der Waals surface area contributed by atoms with Crippen molar-refractivity contribution in [1.29, 1.82) is 0 Å². The Morgan fingerprint density at radius 3 is 1.62 bits per heavy atom. The summed E-state index contributed by atoms with van der Waals surface area (Å²) < 4.78 is 4.92. The summed E-state index contributed by atoms with van der Waals surface area (Å²) in [7, 11) is -2.69. The fraction of sp³-hybridized carbons (Fsp3) is 0. The highest BCUT2D eigenvalue weighted by atomic mass is 32.2. The largest absolute Gasteiger partial charge is 0.309 e. The van der Waals surface area contributed by atoms with Crippen LogP contribution in [-0.2, 0) is 0 Å². The van der Waals surface area contributed by atoms with E-state index in [9.17, 15) is 0 Å². The summed E-state index contributed by atoms with van der Waals surface area (Å²) in [5, 5.41) is 10.6. The zero-order chi connectivity index (χ0) is 38.2. The predicted octanol–water partition coefficient (Wildman–Crippen LogP) is 11.4. The van der Waals surface area contributed by atoms with Gasteiger partial charge in [0, 0.05) is 37.0 Å². The molecule has 1 aliphatic heterocycles. The SMILES string of the molecule is c1ccc([Si](c2ccccc2)(c2ccccc2)c2ccc3c(c2)c2ccccc2n3-c2ccc(-c3ccc4c5cccc6c5n(c4c3)-c3ccccc3S6)cc2)cc1. The van der Waals surface area contributed by atoms with E-state index in [1.807, 2.05) is 11.8 Å². The number of rotatable bonds is 6. The first-order chi connectivity index (χ1) is 28.8. The third-order valence-electron chi connectivity index (χ3n) is 12.3. The molecule has 4 heteroatoms. The van der Waals surface area contributed by atoms with E-state index in [1.54, 1.807) is 0 Å². The van der Waals surface area contributed by atoms with Crippen molar-refractivity contribution in [2.24, 2.45) is 0 Å². The van der Waals surface area contributed by atoms with Gasteiger partial charge in [0.25, 0.3) is 0 Å². The third kappa shape index (κ3) is 4.86. The van der Waals surface area contributed by atoms with Gasteiger partial charge in [-0.3, -0.25) is 0 Å². The summed E-state index contributed by atoms with van der Waals surface area (Å²) in [5.41, 5.74) is 9.80. The number of hydrogen-bond acceptors (Lipinski definition) is 1. The first-order valence-corrected chi connectivity index (χ1v) is 22.7. The number of nitrogens with zero attached hydrogens (tertiary/aromatic N) is 2. The first-order valence-electron chi connectivity index (χ1n) is 19.9. The van der Waals surface area contributed by atoms with Crippen molar-refractivity contribution >= 4 is 84.2 Å². The van der Waals surface area contributed by atoms with Crippen molar-refractivity contribution in [2.75, 3.05) is 0 Å². The van der Waals surface area contributed by atoms with Crippen molar-refractivity contribution in [3.05, 3.63) is 218 Å². The molecule has 2 aromatic heterocycles. The molecule has 3 heterocycles. The molecule has 0 bridgehead atoms. The van der Waals surface area contributed by atoms with Gasteiger partial charge in [0.2, 0.25) is 0 Å². The molecule has 272 valence electrons. The van der Waals surface area contributed by atoms with Crippen LogP contribution in [0.25, 0.3) is 66.1 Å². The highest BCUT2D eigenvalue weighted by molar-refractivity contribution is 7.99. The molecule has 1 aliphatic rings. The topological polar surface area (TPSA) is 9.86 Å². The molecule has 0 saturated heterocycles. The van der Waals surface area contributed by atoms with Gasteiger partial charge in [-0.15, -0.1) is 0 Å². The van der Waals surface area contributed by atoms with Crippen LogP contribution in [0.3, 0.4) is 0 Å². The molecule has 0 saturated carbocycles. The number of hydrogen-bond donors (Lipinski definition) is 0. The van der Waals surface area contributed by atoms with E-state index in [4.69, 9.17) is 0 Å². The van der Waals surface area contributed by atoms with Crippen LogP contribution >= 0.6 is 11.8 Å². The minimum Gasteiger partial charge on any atom is -0.309 e. The Hall–Kier alpha value is -6.85. The second-order valence-corrected chi connectivity index (χ2v) is 20.2. The van der Waals surface area contributed by atoms with Crippen molar-refractivity contribution in [2.45, 2.75) is 9.79 Å². The molecule has 0 radical (unpaired) electrons. The molecular formula is C54H36N2SSi. The van der Waals surface area contributed by atoms with Gasteiger partial charge in [-0.25, -0.2) is 0 Å². The maximum atomic E-state index is 2.51. The highest BCUT2D eigenvalue weighted by Gasteiger charge is 2.41. The summed E-state index contributed by atoms with van der Waals surface area (Å²) in [6, 6.07) is 81.4. The summed E-state index contributed by atoms with van der Waals surface area (Å²) in [5.74, 6) is 0. The normalized spacial score (nSPS) is 12.4. The average Bonchev–Trinajstić information content (AvgIpc) is 3.81. The predicted molar refractivity (Wildman–Crippen MR) is 248 cm³/mol. The molecule has 12 rings (SSSR count). The lowest BCUT2D eigenvalue weighted by atomic mass is 10.0. The van der Waals surface area contributed by atoms with Crippen molar-refractivity contribution in [3.8, 4) is 22.5 Å². The summed E-state index contributed by atoms with van der Waals surface area (Å²) in [6.07, 6.45) is 0. The Morgan fingerprint density at radius 1 is 0.328 bits per heavy atom. The van der Waals surface area contributed by atoms with E-state index in [-0.39, 0.29) is 0 Å². The van der Waals surface area contributed by atoms with Crippen LogP contribution in [-0.4, -0.2) is 17.2 Å². The molecular weight excluding hydrogens is 737 g/mol. The quantitative estimate of drug-likeness (QED) is 0.121. The highest BCUT2D eigenvalue weighted by Crippen LogP contribution is 2.47. The second kappa shape index (κ2) is 13.1. The average molecular weight is 773 g/mol. The van der Waals surface area contributed by atoms with Gasteiger partial charge in [-0.1, -0.05) is 182 Å². The van der Waals surface area contributed by atoms with Crippen LogP contribution < -0.4 is 20.7 Å². The van der Waals surface area contributed by atoms with Gasteiger partial charge in [-0.2, -0.15) is 0 Å². The maximum absolute atomic E-state index is 2.69. The fourth-order valence-electron chi connectivity index (χ4n) is 9.75. The molecule has 0 unspecified atom stereocenters. The van der Waals surface area contributed by atoms with E-state index >= 15 is 0 Å². The number of aromatic nitrogens is 2. The van der Waals surface area contributed by atoms with E-state index in [1.165, 1.54) is 91.0 Å². The Kier molecular flexibility index (Phi) is 7.52. The second-order valence-electron chi connectivity index (χ2n) is 15.3. The van der Waals surface area contributed by atoms with Crippen molar-refractivity contribution in [1.82, 2.24) is 9.13 Å². The smallest absolute Gasteiger partial charge is 0.179 e. The van der Waals surface area contributed by atoms with Gasteiger partial charge in [0.1, 0.15) is 0 Å². The third-order valence-corrected chi connectivity index (χ3v) is 18.2. The zero-order valence-corrected chi connectivity index (χ0v) is 33.4. The monoisotopic (exact) mass is 772 g/mol. The van der Waals surface area contributed by atoms with Crippen LogP contribution in [0.4, 0.5) is 0 Å². The molecule has 58 heavy (non-hydrogen) atoms. The molecule has 0 aliphatic carbocycles. The summed E-state index contributed by atoms with van der Waals surface area (Å²) in [4.78, 5) is 2.60. The van der Waals surface area contributed by atoms with Crippen LogP contribution in [0.15, 0.2) is 228 Å². The standard InChI is InChI=1S/C54H36N2SSi/c1-4-15-40(16-5-1)58(41-17-6-2-7-18-41,42-19-8-3-9-20-42)43-32-34-49-47(36-43)44-21-10-11-23-48(44)55(49)39-30-27-37(28-31-39)38-29-33-45-46-22-14-26-53-54(46)56(51(45)35-38)50-24-12-13-25-52(50)57-53/h1-36H. The maximum Gasteiger partial charge on any atom is 0.179 e. The fourth-order valence-corrected chi connectivity index (χ4v) is 15.6. The van der Waals surface area contributed by atoms with E-state index in [0.29, 0.717) is 0 Å². The van der Waals surface area contributed by atoms with Gasteiger partial charge >= 0.3 is 0 Å². The molecule has 9 aromatic carbocycles. The number of para-hydroxylation sites is 3. The van der Waals surface area contributed by atoms with Crippen LogP contribution in [0.1, 0.15) is 0 Å². The Labute approximate surface area is 342 Å². The van der Waals surface area contributed by atoms with Crippen molar-refractivity contribution < 1.29 is 0 Å². The van der Waals surface area contributed by atoms with E-state index in [2.05, 4.69) is 228 Å². The minimum absolute atomic E-state index is 1.15. The zero-order valence-electron chi connectivity index (χ0n) is 31.6. The molecule has 11 aromatic rings. The number of benzene rings is 9. The minimum atomic E-state index is -2.69. The first kappa shape index (κ1) is 33.3. The molecule has 0 fully saturated rings. The van der Waals surface area contributed by atoms with Gasteiger partial charge in [0.05, 0.1) is 27.8 Å². The molecule has 0 N–H and O–H groups in total. The number of fused-ring (bicyclic) bond motifs is 8. The molecule has 0 amide bonds. The van der Waals surface area contributed by atoms with Crippen LogP contribution in [0.5, 0.6) is 0 Å². The lowest BCUT2D eigenvalue weighted by molar-refractivity contribution is 1.09. The van der Waals surface area contributed by atoms with Gasteiger partial charge in [0.15, 0.2) is 8.07 Å². The molecule has 0 atom stereocenters.